The third kappa shape index (κ3) is 3.00. The first-order valence-electron chi connectivity index (χ1n) is 8.81. The van der Waals surface area contributed by atoms with Crippen LogP contribution in [0.5, 0.6) is 0 Å². The van der Waals surface area contributed by atoms with Gasteiger partial charge in [-0.2, -0.15) is 8.42 Å². The first kappa shape index (κ1) is 16.4. The molecule has 1 aliphatic carbocycles. The number of nitrogens with one attached hydrogen (secondary N) is 1. The van der Waals surface area contributed by atoms with Gasteiger partial charge in [0.1, 0.15) is 0 Å². The Labute approximate surface area is 149 Å². The van der Waals surface area contributed by atoms with Gasteiger partial charge in [-0.05, 0) is 57.0 Å². The molecule has 0 radical (unpaired) electrons. The van der Waals surface area contributed by atoms with E-state index >= 15 is 0 Å². The third-order valence-corrected chi connectivity index (χ3v) is 6.70. The van der Waals surface area contributed by atoms with Gasteiger partial charge in [-0.1, -0.05) is 30.3 Å². The summed E-state index contributed by atoms with van der Waals surface area (Å²) in [7, 11) is -3.64. The summed E-state index contributed by atoms with van der Waals surface area (Å²) in [6.07, 6.45) is 3.26. The highest BCUT2D eigenvalue weighted by Crippen LogP contribution is 2.46. The molecule has 2 aromatic carbocycles. The molecule has 0 bridgehead atoms. The highest BCUT2D eigenvalue weighted by atomic mass is 32.2. The number of benzene rings is 2. The Balaban J connectivity index is 1.67. The van der Waals surface area contributed by atoms with E-state index in [2.05, 4.69) is 5.32 Å². The molecule has 1 heterocycles. The van der Waals surface area contributed by atoms with Gasteiger partial charge < -0.3 is 5.32 Å². The molecule has 5 nitrogen and oxygen atoms in total. The van der Waals surface area contributed by atoms with E-state index in [0.717, 1.165) is 24.3 Å². The number of rotatable bonds is 6. The molecule has 2 aromatic rings. The number of nitrogens with zero attached hydrogens (tertiary/aromatic N) is 2. The van der Waals surface area contributed by atoms with Crippen LogP contribution in [0, 0.1) is 0 Å². The summed E-state index contributed by atoms with van der Waals surface area (Å²) in [6.45, 7) is 2.82. The maximum atomic E-state index is 13.3. The van der Waals surface area contributed by atoms with Crippen molar-refractivity contribution in [2.75, 3.05) is 15.2 Å². The van der Waals surface area contributed by atoms with E-state index in [9.17, 15) is 8.42 Å². The summed E-state index contributed by atoms with van der Waals surface area (Å²) in [5.74, 6) is 0. The Morgan fingerprint density at radius 2 is 1.68 bits per heavy atom. The molecule has 4 rings (SSSR count). The number of anilines is 3. The topological polar surface area (TPSA) is 52.6 Å². The van der Waals surface area contributed by atoms with Crippen molar-refractivity contribution >= 4 is 27.3 Å². The van der Waals surface area contributed by atoms with Crippen LogP contribution in [0.2, 0.25) is 0 Å². The monoisotopic (exact) mass is 357 g/mol. The summed E-state index contributed by atoms with van der Waals surface area (Å²) in [6, 6.07) is 17.3. The fourth-order valence-electron chi connectivity index (χ4n) is 3.36. The van der Waals surface area contributed by atoms with Crippen molar-refractivity contribution in [2.45, 2.75) is 38.3 Å². The van der Waals surface area contributed by atoms with E-state index in [-0.39, 0.29) is 6.04 Å². The molecule has 1 unspecified atom stereocenters. The summed E-state index contributed by atoms with van der Waals surface area (Å²) in [5.41, 5.74) is 2.14. The highest BCUT2D eigenvalue weighted by Gasteiger charge is 2.43. The second-order valence-corrected chi connectivity index (χ2v) is 8.41. The largest absolute Gasteiger partial charge is 0.331 e. The second kappa shape index (κ2) is 6.35. The van der Waals surface area contributed by atoms with E-state index in [1.807, 2.05) is 61.5 Å². The minimum atomic E-state index is -3.64. The molecule has 132 valence electrons. The highest BCUT2D eigenvalue weighted by molar-refractivity contribution is 7.95. The quantitative estimate of drug-likeness (QED) is 0.862. The maximum Gasteiger partial charge on any atom is 0.331 e. The smallest absolute Gasteiger partial charge is 0.314 e. The summed E-state index contributed by atoms with van der Waals surface area (Å²) in [5, 5.41) is 3.47. The van der Waals surface area contributed by atoms with E-state index < -0.39 is 10.2 Å². The number of hydrogen-bond donors (Lipinski definition) is 1. The molecule has 1 aliphatic heterocycles. The van der Waals surface area contributed by atoms with E-state index in [0.29, 0.717) is 11.7 Å². The summed E-state index contributed by atoms with van der Waals surface area (Å²) < 4.78 is 29.7. The van der Waals surface area contributed by atoms with Crippen molar-refractivity contribution in [1.29, 1.82) is 0 Å². The molecule has 0 spiro atoms. The van der Waals surface area contributed by atoms with Gasteiger partial charge in [-0.25, -0.2) is 8.61 Å². The van der Waals surface area contributed by atoms with Gasteiger partial charge in [-0.3, -0.25) is 0 Å². The number of hydrogen-bond acceptors (Lipinski definition) is 3. The Morgan fingerprint density at radius 1 is 1.04 bits per heavy atom. The lowest BCUT2D eigenvalue weighted by Crippen LogP contribution is -2.42. The van der Waals surface area contributed by atoms with Crippen molar-refractivity contribution in [1.82, 2.24) is 5.32 Å². The molecule has 0 amide bonds. The van der Waals surface area contributed by atoms with Crippen molar-refractivity contribution < 1.29 is 8.42 Å². The zero-order chi connectivity index (χ0) is 17.4. The Morgan fingerprint density at radius 3 is 2.36 bits per heavy atom. The van der Waals surface area contributed by atoms with E-state index in [1.165, 1.54) is 17.1 Å². The Hall–Kier alpha value is -2.05. The molecule has 25 heavy (non-hydrogen) atoms. The summed E-state index contributed by atoms with van der Waals surface area (Å²) >= 11 is 0. The third-order valence-electron chi connectivity index (χ3n) is 4.78. The average molecular weight is 357 g/mol. The molecule has 0 saturated heterocycles. The minimum Gasteiger partial charge on any atom is -0.314 e. The van der Waals surface area contributed by atoms with Gasteiger partial charge in [0.25, 0.3) is 0 Å². The first-order chi connectivity index (χ1) is 12.1. The Kier molecular flexibility index (Phi) is 4.17. The predicted molar refractivity (Wildman–Crippen MR) is 102 cm³/mol. The van der Waals surface area contributed by atoms with Crippen LogP contribution in [-0.4, -0.2) is 27.0 Å². The number of para-hydroxylation sites is 3. The predicted octanol–water partition coefficient (Wildman–Crippen LogP) is 3.42. The van der Waals surface area contributed by atoms with Gasteiger partial charge in [0.05, 0.1) is 17.1 Å². The van der Waals surface area contributed by atoms with Crippen molar-refractivity contribution in [2.24, 2.45) is 0 Å². The van der Waals surface area contributed by atoms with Gasteiger partial charge in [0.2, 0.25) is 0 Å². The van der Waals surface area contributed by atoms with Crippen LogP contribution >= 0.6 is 0 Å². The Bertz CT molecular complexity index is 850. The van der Waals surface area contributed by atoms with Crippen LogP contribution in [0.15, 0.2) is 54.6 Å². The molecule has 1 saturated carbocycles. The molecule has 1 fully saturated rings. The van der Waals surface area contributed by atoms with E-state index in [4.69, 9.17) is 0 Å². The lowest BCUT2D eigenvalue weighted by Gasteiger charge is -2.27. The normalized spacial score (nSPS) is 19.7. The lowest BCUT2D eigenvalue weighted by molar-refractivity contribution is 0.559. The average Bonchev–Trinajstić information content (AvgIpc) is 3.37. The van der Waals surface area contributed by atoms with Crippen LogP contribution in [0.3, 0.4) is 0 Å². The van der Waals surface area contributed by atoms with Crippen LogP contribution in [0.1, 0.15) is 26.2 Å². The molecule has 0 aromatic heterocycles. The zero-order valence-electron chi connectivity index (χ0n) is 14.3. The van der Waals surface area contributed by atoms with Crippen LogP contribution < -0.4 is 13.9 Å². The zero-order valence-corrected chi connectivity index (χ0v) is 15.1. The second-order valence-electron chi connectivity index (χ2n) is 6.76. The minimum absolute atomic E-state index is 0.105. The molecule has 2 aliphatic rings. The molecular weight excluding hydrogens is 334 g/mol. The lowest BCUT2D eigenvalue weighted by atomic mass is 10.2. The van der Waals surface area contributed by atoms with Gasteiger partial charge in [-0.15, -0.1) is 0 Å². The fourth-order valence-corrected chi connectivity index (χ4v) is 5.29. The molecule has 6 heteroatoms. The van der Waals surface area contributed by atoms with Crippen LogP contribution in [0.25, 0.3) is 0 Å². The van der Waals surface area contributed by atoms with Gasteiger partial charge in [0.15, 0.2) is 0 Å². The molecule has 1 atom stereocenters. The van der Waals surface area contributed by atoms with Crippen molar-refractivity contribution in [3.8, 4) is 0 Å². The molecular formula is C19H23N3O2S. The van der Waals surface area contributed by atoms with Gasteiger partial charge in [0, 0.05) is 12.1 Å². The van der Waals surface area contributed by atoms with Crippen LogP contribution in [-0.2, 0) is 10.2 Å². The van der Waals surface area contributed by atoms with Gasteiger partial charge >= 0.3 is 10.2 Å². The standard InChI is InChI=1S/C19H23N3O2S/c1-15(13-14-20-16-11-12-16)21-18-9-5-6-10-19(18)22(25(21,23)24)17-7-3-2-4-8-17/h2-10,15-16,20H,11-14H2,1H3. The van der Waals surface area contributed by atoms with Crippen LogP contribution in [0.4, 0.5) is 17.1 Å². The maximum absolute atomic E-state index is 13.3. The van der Waals surface area contributed by atoms with E-state index in [1.54, 1.807) is 4.31 Å². The SMILES string of the molecule is CC(CCNC1CC1)N1c2ccccc2N(c2ccccc2)S1(=O)=O. The fraction of sp³-hybridized carbons (Fsp3) is 0.368. The van der Waals surface area contributed by atoms with Crippen molar-refractivity contribution in [3.63, 3.8) is 0 Å². The summed E-state index contributed by atoms with van der Waals surface area (Å²) in [4.78, 5) is 0. The number of fused-ring (bicyclic) bond motifs is 1. The van der Waals surface area contributed by atoms with Crippen molar-refractivity contribution in [3.05, 3.63) is 54.6 Å². The first-order valence-corrected chi connectivity index (χ1v) is 10.2. The molecule has 1 N–H and O–H groups in total.